The maximum Gasteiger partial charge on any atom is 0.253 e. The van der Waals surface area contributed by atoms with Crippen molar-refractivity contribution in [3.63, 3.8) is 0 Å². The standard InChI is InChI=1S/C15H16FNO3/c1-10-4-7-14(20-10)15(19)17-13-6-5-12(16)9-11(13)3-2-8-18/h5-6,9-10,14,18H,4,7-8H2,1H3,(H,17,19). The second-order valence-electron chi connectivity index (χ2n) is 4.65. The van der Waals surface area contributed by atoms with Crippen LogP contribution in [0.1, 0.15) is 25.3 Å². The van der Waals surface area contributed by atoms with Crippen LogP contribution < -0.4 is 5.32 Å². The minimum absolute atomic E-state index is 0.0765. The van der Waals surface area contributed by atoms with E-state index in [-0.39, 0.29) is 18.6 Å². The first-order valence-electron chi connectivity index (χ1n) is 6.45. The van der Waals surface area contributed by atoms with Gasteiger partial charge < -0.3 is 15.2 Å². The third kappa shape index (κ3) is 3.56. The van der Waals surface area contributed by atoms with E-state index in [0.29, 0.717) is 17.7 Å². The van der Waals surface area contributed by atoms with Crippen molar-refractivity contribution < 1.29 is 19.0 Å². The van der Waals surface area contributed by atoms with Gasteiger partial charge in [0.05, 0.1) is 17.4 Å². The maximum atomic E-state index is 13.2. The molecule has 0 saturated carbocycles. The van der Waals surface area contributed by atoms with E-state index in [2.05, 4.69) is 17.2 Å². The van der Waals surface area contributed by atoms with E-state index in [9.17, 15) is 9.18 Å². The predicted octanol–water partition coefficient (Wildman–Crippen LogP) is 1.68. The molecule has 4 nitrogen and oxygen atoms in total. The minimum atomic E-state index is -0.478. The number of ether oxygens (including phenoxy) is 1. The highest BCUT2D eigenvalue weighted by atomic mass is 19.1. The summed E-state index contributed by atoms with van der Waals surface area (Å²) in [6.45, 7) is 1.59. The van der Waals surface area contributed by atoms with Gasteiger partial charge >= 0.3 is 0 Å². The Morgan fingerprint density at radius 1 is 1.55 bits per heavy atom. The first kappa shape index (κ1) is 14.5. The Morgan fingerprint density at radius 2 is 2.35 bits per heavy atom. The molecular weight excluding hydrogens is 261 g/mol. The van der Waals surface area contributed by atoms with Gasteiger partial charge in [0.1, 0.15) is 18.5 Å². The molecule has 2 atom stereocenters. The van der Waals surface area contributed by atoms with Gasteiger partial charge in [-0.25, -0.2) is 4.39 Å². The summed E-state index contributed by atoms with van der Waals surface area (Å²) in [5, 5.41) is 11.4. The highest BCUT2D eigenvalue weighted by molar-refractivity contribution is 5.95. The van der Waals surface area contributed by atoms with Gasteiger partial charge in [-0.15, -0.1) is 0 Å². The van der Waals surface area contributed by atoms with Crippen molar-refractivity contribution in [2.75, 3.05) is 11.9 Å². The average molecular weight is 277 g/mol. The summed E-state index contributed by atoms with van der Waals surface area (Å²) in [4.78, 5) is 12.0. The van der Waals surface area contributed by atoms with Crippen LogP contribution in [0.3, 0.4) is 0 Å². The van der Waals surface area contributed by atoms with Gasteiger partial charge in [-0.05, 0) is 38.0 Å². The largest absolute Gasteiger partial charge is 0.384 e. The normalized spacial score (nSPS) is 21.1. The molecule has 1 aromatic carbocycles. The molecule has 0 spiro atoms. The predicted molar refractivity (Wildman–Crippen MR) is 72.6 cm³/mol. The topological polar surface area (TPSA) is 58.6 Å². The Balaban J connectivity index is 2.14. The van der Waals surface area contributed by atoms with E-state index in [4.69, 9.17) is 9.84 Å². The van der Waals surface area contributed by atoms with Crippen LogP contribution in [-0.4, -0.2) is 29.8 Å². The zero-order valence-electron chi connectivity index (χ0n) is 11.1. The number of nitrogens with one attached hydrogen (secondary N) is 1. The van der Waals surface area contributed by atoms with Crippen molar-refractivity contribution in [3.8, 4) is 11.8 Å². The van der Waals surface area contributed by atoms with Gasteiger partial charge in [-0.2, -0.15) is 0 Å². The first-order valence-corrected chi connectivity index (χ1v) is 6.45. The fourth-order valence-corrected chi connectivity index (χ4v) is 2.07. The van der Waals surface area contributed by atoms with Crippen LogP contribution in [0.15, 0.2) is 18.2 Å². The number of aliphatic hydroxyl groups is 1. The fraction of sp³-hybridized carbons (Fsp3) is 0.400. The van der Waals surface area contributed by atoms with Crippen molar-refractivity contribution in [2.45, 2.75) is 32.0 Å². The molecule has 1 fully saturated rings. The molecule has 5 heteroatoms. The fourth-order valence-electron chi connectivity index (χ4n) is 2.07. The Labute approximate surface area is 116 Å². The van der Waals surface area contributed by atoms with E-state index in [0.717, 1.165) is 6.42 Å². The summed E-state index contributed by atoms with van der Waals surface area (Å²) in [7, 11) is 0. The zero-order chi connectivity index (χ0) is 14.5. The molecular formula is C15H16FNO3. The third-order valence-electron chi connectivity index (χ3n) is 3.07. The lowest BCUT2D eigenvalue weighted by molar-refractivity contribution is -0.126. The van der Waals surface area contributed by atoms with Crippen molar-refractivity contribution in [1.82, 2.24) is 0 Å². The van der Waals surface area contributed by atoms with Crippen LogP contribution in [0.4, 0.5) is 10.1 Å². The number of amides is 1. The highest BCUT2D eigenvalue weighted by Crippen LogP contribution is 2.22. The minimum Gasteiger partial charge on any atom is -0.384 e. The molecule has 0 radical (unpaired) electrons. The highest BCUT2D eigenvalue weighted by Gasteiger charge is 2.28. The van der Waals surface area contributed by atoms with Crippen LogP contribution in [0.5, 0.6) is 0 Å². The lowest BCUT2D eigenvalue weighted by Gasteiger charge is -2.13. The molecule has 1 amide bonds. The van der Waals surface area contributed by atoms with Crippen LogP contribution in [0, 0.1) is 17.7 Å². The van der Waals surface area contributed by atoms with E-state index in [1.807, 2.05) is 6.92 Å². The Hall–Kier alpha value is -1.90. The van der Waals surface area contributed by atoms with E-state index in [1.165, 1.54) is 18.2 Å². The number of rotatable bonds is 2. The molecule has 2 unspecified atom stereocenters. The molecule has 1 aromatic rings. The van der Waals surface area contributed by atoms with Crippen molar-refractivity contribution in [1.29, 1.82) is 0 Å². The maximum absolute atomic E-state index is 13.2. The summed E-state index contributed by atoms with van der Waals surface area (Å²) in [6.07, 6.45) is 1.12. The lowest BCUT2D eigenvalue weighted by atomic mass is 10.1. The number of hydrogen-bond acceptors (Lipinski definition) is 3. The summed E-state index contributed by atoms with van der Waals surface area (Å²) in [6, 6.07) is 3.92. The van der Waals surface area contributed by atoms with Gasteiger partial charge in [0.15, 0.2) is 0 Å². The number of hydrogen-bond donors (Lipinski definition) is 2. The van der Waals surface area contributed by atoms with Gasteiger partial charge in [-0.3, -0.25) is 4.79 Å². The van der Waals surface area contributed by atoms with Crippen LogP contribution in [0.25, 0.3) is 0 Å². The Morgan fingerprint density at radius 3 is 3.00 bits per heavy atom. The van der Waals surface area contributed by atoms with Gasteiger partial charge in [-0.1, -0.05) is 11.8 Å². The second kappa shape index (κ2) is 6.51. The number of carbonyl (C=O) groups is 1. The van der Waals surface area contributed by atoms with Crippen molar-refractivity contribution in [3.05, 3.63) is 29.6 Å². The van der Waals surface area contributed by atoms with E-state index >= 15 is 0 Å². The quantitative estimate of drug-likeness (QED) is 0.809. The summed E-state index contributed by atoms with van der Waals surface area (Å²) in [5.41, 5.74) is 0.749. The smallest absolute Gasteiger partial charge is 0.253 e. The number of anilines is 1. The summed E-state index contributed by atoms with van der Waals surface area (Å²) >= 11 is 0. The molecule has 20 heavy (non-hydrogen) atoms. The Bertz CT molecular complexity index is 562. The zero-order valence-corrected chi connectivity index (χ0v) is 11.1. The summed E-state index contributed by atoms with van der Waals surface area (Å²) in [5.74, 6) is 4.35. The van der Waals surface area contributed by atoms with Gasteiger partial charge in [0.25, 0.3) is 5.91 Å². The number of aliphatic hydroxyl groups excluding tert-OH is 1. The lowest BCUT2D eigenvalue weighted by Crippen LogP contribution is -2.28. The monoisotopic (exact) mass is 277 g/mol. The molecule has 1 heterocycles. The molecule has 2 N–H and O–H groups in total. The molecule has 0 aromatic heterocycles. The number of carbonyl (C=O) groups excluding carboxylic acids is 1. The molecule has 106 valence electrons. The van der Waals surface area contributed by atoms with Crippen molar-refractivity contribution >= 4 is 11.6 Å². The average Bonchev–Trinajstić information content (AvgIpc) is 2.85. The van der Waals surface area contributed by atoms with Gasteiger partial charge in [0, 0.05) is 0 Å². The second-order valence-corrected chi connectivity index (χ2v) is 4.65. The van der Waals surface area contributed by atoms with Crippen molar-refractivity contribution in [2.24, 2.45) is 0 Å². The first-order chi connectivity index (χ1) is 9.60. The van der Waals surface area contributed by atoms with Crippen LogP contribution in [-0.2, 0) is 9.53 Å². The SMILES string of the molecule is CC1CCC(C(=O)Nc2ccc(F)cc2C#CCO)O1. The van der Waals surface area contributed by atoms with Gasteiger partial charge in [0.2, 0.25) is 0 Å². The molecule has 1 aliphatic heterocycles. The third-order valence-corrected chi connectivity index (χ3v) is 3.07. The summed E-state index contributed by atoms with van der Waals surface area (Å²) < 4.78 is 18.7. The van der Waals surface area contributed by atoms with Crippen LogP contribution >= 0.6 is 0 Å². The Kier molecular flexibility index (Phi) is 4.72. The number of benzene rings is 1. The molecule has 1 saturated heterocycles. The van der Waals surface area contributed by atoms with E-state index in [1.54, 1.807) is 0 Å². The van der Waals surface area contributed by atoms with Crippen LogP contribution in [0.2, 0.25) is 0 Å². The van der Waals surface area contributed by atoms with E-state index < -0.39 is 11.9 Å². The molecule has 2 rings (SSSR count). The molecule has 1 aliphatic rings. The molecule has 0 aliphatic carbocycles. The molecule has 0 bridgehead atoms. The number of halogens is 1.